The lowest BCUT2D eigenvalue weighted by molar-refractivity contribution is 0.288. The van der Waals surface area contributed by atoms with E-state index in [1.807, 2.05) is 12.1 Å². The van der Waals surface area contributed by atoms with Crippen LogP contribution in [0.15, 0.2) is 29.2 Å². The number of anilines is 1. The second kappa shape index (κ2) is 7.06. The molecule has 0 bridgehead atoms. The first kappa shape index (κ1) is 16.9. The van der Waals surface area contributed by atoms with Gasteiger partial charge in [0.1, 0.15) is 0 Å². The monoisotopic (exact) mass is 300 g/mol. The lowest BCUT2D eigenvalue weighted by Crippen LogP contribution is -2.32. The molecular weight excluding hydrogens is 276 g/mol. The molecule has 1 N–H and O–H groups in total. The number of hydrogen-bond acceptors (Lipinski definition) is 4. The van der Waals surface area contributed by atoms with Gasteiger partial charge in [-0.3, -0.25) is 0 Å². The van der Waals surface area contributed by atoms with Gasteiger partial charge in [0.25, 0.3) is 0 Å². The lowest BCUT2D eigenvalue weighted by atomic mass is 10.2. The van der Waals surface area contributed by atoms with Crippen molar-refractivity contribution in [1.82, 2.24) is 4.31 Å². The Morgan fingerprint density at radius 2 is 1.70 bits per heavy atom. The average molecular weight is 300 g/mol. The maximum Gasteiger partial charge on any atom is 0.242 e. The first-order chi connectivity index (χ1) is 9.30. The zero-order chi connectivity index (χ0) is 15.3. The van der Waals surface area contributed by atoms with Crippen LogP contribution < -0.4 is 4.90 Å². The Morgan fingerprint density at radius 1 is 1.15 bits per heavy atom. The first-order valence-corrected chi connectivity index (χ1v) is 8.14. The van der Waals surface area contributed by atoms with Crippen LogP contribution in [-0.2, 0) is 10.0 Å². The van der Waals surface area contributed by atoms with Gasteiger partial charge in [0, 0.05) is 39.0 Å². The SMILES string of the molecule is CC(C)N(CCCO)c1ccc(S(=O)(=O)N(C)C)cc1. The maximum absolute atomic E-state index is 12.0. The number of hydrogen-bond donors (Lipinski definition) is 1. The van der Waals surface area contributed by atoms with Gasteiger partial charge >= 0.3 is 0 Å². The summed E-state index contributed by atoms with van der Waals surface area (Å²) < 4.78 is 25.2. The molecule has 0 aliphatic carbocycles. The van der Waals surface area contributed by atoms with Crippen LogP contribution in [0.4, 0.5) is 5.69 Å². The van der Waals surface area contributed by atoms with E-state index >= 15 is 0 Å². The highest BCUT2D eigenvalue weighted by Crippen LogP contribution is 2.21. The Labute approximate surface area is 121 Å². The fourth-order valence-electron chi connectivity index (χ4n) is 1.95. The number of aliphatic hydroxyl groups excluding tert-OH is 1. The van der Waals surface area contributed by atoms with E-state index in [0.29, 0.717) is 6.42 Å². The molecule has 114 valence electrons. The quantitative estimate of drug-likeness (QED) is 0.829. The first-order valence-electron chi connectivity index (χ1n) is 6.70. The molecule has 0 aliphatic heterocycles. The van der Waals surface area contributed by atoms with Gasteiger partial charge in [0.2, 0.25) is 10.0 Å². The Balaban J connectivity index is 3.00. The van der Waals surface area contributed by atoms with Crippen LogP contribution in [0.25, 0.3) is 0 Å². The minimum absolute atomic E-state index is 0.149. The van der Waals surface area contributed by atoms with E-state index in [4.69, 9.17) is 5.11 Å². The lowest BCUT2D eigenvalue weighted by Gasteiger charge is -2.29. The number of nitrogens with zero attached hydrogens (tertiary/aromatic N) is 2. The van der Waals surface area contributed by atoms with Crippen molar-refractivity contribution in [3.8, 4) is 0 Å². The topological polar surface area (TPSA) is 60.9 Å². The predicted molar refractivity (Wildman–Crippen MR) is 81.5 cm³/mol. The Morgan fingerprint density at radius 3 is 2.10 bits per heavy atom. The molecule has 0 aliphatic rings. The summed E-state index contributed by atoms with van der Waals surface area (Å²) in [4.78, 5) is 2.43. The van der Waals surface area contributed by atoms with Gasteiger partial charge in [0.05, 0.1) is 4.90 Å². The third-order valence-electron chi connectivity index (χ3n) is 3.13. The van der Waals surface area contributed by atoms with Crippen LogP contribution in [0, 0.1) is 0 Å². The highest BCUT2D eigenvalue weighted by atomic mass is 32.2. The molecule has 0 fully saturated rings. The molecule has 1 aromatic carbocycles. The molecule has 0 heterocycles. The zero-order valence-corrected chi connectivity index (χ0v) is 13.4. The van der Waals surface area contributed by atoms with Crippen molar-refractivity contribution in [1.29, 1.82) is 0 Å². The zero-order valence-electron chi connectivity index (χ0n) is 12.6. The maximum atomic E-state index is 12.0. The Hall–Kier alpha value is -1.11. The summed E-state index contributed by atoms with van der Waals surface area (Å²) in [7, 11) is -0.344. The van der Waals surface area contributed by atoms with E-state index in [1.54, 1.807) is 12.1 Å². The summed E-state index contributed by atoms with van der Waals surface area (Å²) in [5.41, 5.74) is 0.964. The van der Waals surface area contributed by atoms with Crippen LogP contribution in [0.5, 0.6) is 0 Å². The largest absolute Gasteiger partial charge is 0.396 e. The van der Waals surface area contributed by atoms with Gasteiger partial charge in [-0.25, -0.2) is 12.7 Å². The molecule has 0 saturated carbocycles. The summed E-state index contributed by atoms with van der Waals surface area (Å²) in [6, 6.07) is 7.16. The molecule has 0 atom stereocenters. The number of sulfonamides is 1. The average Bonchev–Trinajstić information content (AvgIpc) is 2.39. The molecule has 0 radical (unpaired) electrons. The third kappa shape index (κ3) is 3.94. The smallest absolute Gasteiger partial charge is 0.242 e. The number of rotatable bonds is 7. The summed E-state index contributed by atoms with van der Waals surface area (Å²) in [6.07, 6.45) is 0.690. The van der Waals surface area contributed by atoms with E-state index in [9.17, 15) is 8.42 Å². The molecule has 0 spiro atoms. The minimum atomic E-state index is -3.38. The Kier molecular flexibility index (Phi) is 5.98. The third-order valence-corrected chi connectivity index (χ3v) is 4.96. The molecular formula is C14H24N2O3S. The van der Waals surface area contributed by atoms with Gasteiger partial charge in [-0.2, -0.15) is 0 Å². The van der Waals surface area contributed by atoms with Crippen LogP contribution in [0.2, 0.25) is 0 Å². The molecule has 1 rings (SSSR count). The van der Waals surface area contributed by atoms with Crippen molar-refractivity contribution in [3.63, 3.8) is 0 Å². The van der Waals surface area contributed by atoms with Gasteiger partial charge < -0.3 is 10.0 Å². The van der Waals surface area contributed by atoms with Gasteiger partial charge in [-0.15, -0.1) is 0 Å². The van der Waals surface area contributed by atoms with Crippen molar-refractivity contribution in [2.24, 2.45) is 0 Å². The summed E-state index contributed by atoms with van der Waals surface area (Å²) in [5, 5.41) is 8.94. The van der Waals surface area contributed by atoms with Crippen LogP contribution in [0.3, 0.4) is 0 Å². The molecule has 5 nitrogen and oxygen atoms in total. The second-order valence-corrected chi connectivity index (χ2v) is 7.30. The standard InChI is InChI=1S/C14H24N2O3S/c1-12(2)16(10-5-11-17)13-6-8-14(9-7-13)20(18,19)15(3)4/h6-9,12,17H,5,10-11H2,1-4H3. The van der Waals surface area contributed by atoms with E-state index in [-0.39, 0.29) is 17.5 Å². The van der Waals surface area contributed by atoms with E-state index in [2.05, 4.69) is 18.7 Å². The molecule has 0 amide bonds. The molecule has 20 heavy (non-hydrogen) atoms. The van der Waals surface area contributed by atoms with E-state index < -0.39 is 10.0 Å². The van der Waals surface area contributed by atoms with Crippen LogP contribution in [0.1, 0.15) is 20.3 Å². The molecule has 0 unspecified atom stereocenters. The van der Waals surface area contributed by atoms with Crippen LogP contribution in [-0.4, -0.2) is 51.1 Å². The van der Waals surface area contributed by atoms with E-state index in [0.717, 1.165) is 12.2 Å². The van der Waals surface area contributed by atoms with Gasteiger partial charge in [-0.1, -0.05) is 0 Å². The summed E-state index contributed by atoms with van der Waals surface area (Å²) in [5.74, 6) is 0. The van der Waals surface area contributed by atoms with Gasteiger partial charge in [0.15, 0.2) is 0 Å². The highest BCUT2D eigenvalue weighted by molar-refractivity contribution is 7.89. The second-order valence-electron chi connectivity index (χ2n) is 5.15. The molecule has 1 aromatic rings. The molecule has 0 saturated heterocycles. The normalized spacial score (nSPS) is 12.2. The summed E-state index contributed by atoms with van der Waals surface area (Å²) in [6.45, 7) is 5.04. The van der Waals surface area contributed by atoms with E-state index in [1.165, 1.54) is 18.4 Å². The number of aliphatic hydroxyl groups is 1. The fourth-order valence-corrected chi connectivity index (χ4v) is 2.85. The van der Waals surface area contributed by atoms with Crippen molar-refractivity contribution in [2.75, 3.05) is 32.1 Å². The van der Waals surface area contributed by atoms with Crippen molar-refractivity contribution in [3.05, 3.63) is 24.3 Å². The van der Waals surface area contributed by atoms with Crippen LogP contribution >= 0.6 is 0 Å². The molecule has 6 heteroatoms. The number of benzene rings is 1. The van der Waals surface area contributed by atoms with Crippen molar-refractivity contribution >= 4 is 15.7 Å². The van der Waals surface area contributed by atoms with Crippen molar-refractivity contribution < 1.29 is 13.5 Å². The van der Waals surface area contributed by atoms with Gasteiger partial charge in [-0.05, 0) is 44.5 Å². The minimum Gasteiger partial charge on any atom is -0.396 e. The fraction of sp³-hybridized carbons (Fsp3) is 0.571. The van der Waals surface area contributed by atoms with Crippen molar-refractivity contribution in [2.45, 2.75) is 31.2 Å². The highest BCUT2D eigenvalue weighted by Gasteiger charge is 2.17. The summed E-state index contributed by atoms with van der Waals surface area (Å²) >= 11 is 0. The predicted octanol–water partition coefficient (Wildman–Crippen LogP) is 1.53. The Bertz CT molecular complexity index is 510. The molecule has 0 aromatic heterocycles.